The van der Waals surface area contributed by atoms with Crippen LogP contribution in [0.1, 0.15) is 37.7 Å². The largest absolute Gasteiger partial charge is 0.481 e. The van der Waals surface area contributed by atoms with E-state index in [1.54, 1.807) is 24.3 Å². The number of amides is 3. The van der Waals surface area contributed by atoms with Crippen LogP contribution in [0.15, 0.2) is 30.3 Å². The van der Waals surface area contributed by atoms with Crippen LogP contribution in [0.25, 0.3) is 0 Å². The highest BCUT2D eigenvalue weighted by molar-refractivity contribution is 6.07. The molecule has 32 heavy (non-hydrogen) atoms. The number of carbonyl (C=O) groups is 5. The van der Waals surface area contributed by atoms with Gasteiger partial charge in [-0.05, 0) is 37.8 Å². The summed E-state index contributed by atoms with van der Waals surface area (Å²) in [5.74, 6) is -4.84. The normalized spacial score (nSPS) is 19.4. The minimum Gasteiger partial charge on any atom is -0.481 e. The van der Waals surface area contributed by atoms with E-state index in [4.69, 9.17) is 9.84 Å². The van der Waals surface area contributed by atoms with Gasteiger partial charge in [0, 0.05) is 0 Å². The Balaban J connectivity index is 1.76. The molecule has 0 radical (unpaired) electrons. The second kappa shape index (κ2) is 9.77. The molecule has 1 saturated heterocycles. The third-order valence-electron chi connectivity index (χ3n) is 5.49. The fraction of sp³-hybridized carbons (Fsp3) is 0.476. The number of hydrogen-bond acceptors (Lipinski definition) is 7. The molecule has 1 aromatic rings. The van der Waals surface area contributed by atoms with Crippen LogP contribution in [0.4, 0.5) is 4.79 Å². The summed E-state index contributed by atoms with van der Waals surface area (Å²) in [5, 5.41) is 24.0. The van der Waals surface area contributed by atoms with E-state index in [2.05, 4.69) is 10.6 Å². The van der Waals surface area contributed by atoms with Crippen molar-refractivity contribution < 1.29 is 38.9 Å². The lowest BCUT2D eigenvalue weighted by Gasteiger charge is -2.32. The third kappa shape index (κ3) is 5.41. The zero-order valence-electron chi connectivity index (χ0n) is 17.3. The van der Waals surface area contributed by atoms with Crippen molar-refractivity contribution in [1.82, 2.24) is 15.5 Å². The molecule has 0 spiro atoms. The van der Waals surface area contributed by atoms with E-state index in [1.165, 1.54) is 0 Å². The highest BCUT2D eigenvalue weighted by Crippen LogP contribution is 2.38. The molecule has 3 amide bonds. The quantitative estimate of drug-likeness (QED) is 0.394. The molecule has 1 saturated carbocycles. The highest BCUT2D eigenvalue weighted by atomic mass is 16.5. The maximum atomic E-state index is 13.3. The molecular formula is C21H25N3O8. The van der Waals surface area contributed by atoms with Gasteiger partial charge in [0.15, 0.2) is 0 Å². The molecule has 1 heterocycles. The lowest BCUT2D eigenvalue weighted by molar-refractivity contribution is -0.162. The number of ether oxygens (including phenoxy) is 1. The molecule has 0 aromatic heterocycles. The highest BCUT2D eigenvalue weighted by Gasteiger charge is 2.57. The molecular weight excluding hydrogens is 422 g/mol. The van der Waals surface area contributed by atoms with Crippen molar-refractivity contribution in [3.63, 3.8) is 0 Å². The summed E-state index contributed by atoms with van der Waals surface area (Å²) in [5.41, 5.74) is -0.774. The lowest BCUT2D eigenvalue weighted by Crippen LogP contribution is -2.60. The van der Waals surface area contributed by atoms with Gasteiger partial charge in [-0.3, -0.25) is 19.3 Å². The number of nitrogens with zero attached hydrogens (tertiary/aromatic N) is 1. The van der Waals surface area contributed by atoms with Crippen LogP contribution < -0.4 is 10.6 Å². The number of carbonyl (C=O) groups excluding carboxylic acids is 3. The Labute approximate surface area is 183 Å². The van der Waals surface area contributed by atoms with Crippen LogP contribution in [0, 0.1) is 0 Å². The first kappa shape index (κ1) is 23.2. The molecule has 1 aliphatic heterocycles. The van der Waals surface area contributed by atoms with E-state index >= 15 is 0 Å². The van der Waals surface area contributed by atoms with Crippen molar-refractivity contribution >= 4 is 29.8 Å². The molecule has 172 valence electrons. The van der Waals surface area contributed by atoms with Crippen LogP contribution in [0.5, 0.6) is 0 Å². The standard InChI is InChI=1S/C21H25N3O8/c25-16(26)11-15(18(28)29)24(17(27)14-7-4-10-22-14)19(30)21(8-9-21)23-20(31)32-12-13-5-2-1-3-6-13/h1-3,5-6,14-15,22H,4,7-12H2,(H,23,31)(H,25,26)(H,28,29)/t14-,15-/m0/s1. The van der Waals surface area contributed by atoms with Gasteiger partial charge >= 0.3 is 18.0 Å². The molecule has 2 aliphatic rings. The number of nitrogens with one attached hydrogen (secondary N) is 2. The molecule has 4 N–H and O–H groups in total. The summed E-state index contributed by atoms with van der Waals surface area (Å²) in [6.45, 7) is 0.479. The first-order chi connectivity index (χ1) is 15.2. The van der Waals surface area contributed by atoms with Gasteiger partial charge in [0.2, 0.25) is 5.91 Å². The summed E-state index contributed by atoms with van der Waals surface area (Å²) in [6.07, 6.45) is -0.447. The van der Waals surface area contributed by atoms with Gasteiger partial charge < -0.3 is 25.6 Å². The zero-order chi connectivity index (χ0) is 23.3. The Bertz CT molecular complexity index is 894. The predicted molar refractivity (Wildman–Crippen MR) is 108 cm³/mol. The predicted octanol–water partition coefficient (Wildman–Crippen LogP) is 0.481. The first-order valence-corrected chi connectivity index (χ1v) is 10.3. The average Bonchev–Trinajstić information content (AvgIpc) is 3.32. The fourth-order valence-corrected chi connectivity index (χ4v) is 3.62. The van der Waals surface area contributed by atoms with Gasteiger partial charge in [0.25, 0.3) is 5.91 Å². The van der Waals surface area contributed by atoms with Crippen molar-refractivity contribution in [3.05, 3.63) is 35.9 Å². The average molecular weight is 447 g/mol. The fourth-order valence-electron chi connectivity index (χ4n) is 3.62. The number of carboxylic acids is 2. The van der Waals surface area contributed by atoms with Crippen LogP contribution in [-0.4, -0.2) is 69.1 Å². The van der Waals surface area contributed by atoms with Gasteiger partial charge in [-0.15, -0.1) is 0 Å². The van der Waals surface area contributed by atoms with Gasteiger partial charge in [-0.1, -0.05) is 30.3 Å². The maximum Gasteiger partial charge on any atom is 0.408 e. The number of alkyl carbamates (subject to hydrolysis) is 1. The van der Waals surface area contributed by atoms with Crippen molar-refractivity contribution in [3.8, 4) is 0 Å². The molecule has 3 rings (SSSR count). The number of imide groups is 1. The number of aliphatic carboxylic acids is 2. The number of hydrogen-bond donors (Lipinski definition) is 4. The minimum atomic E-state index is -1.89. The molecule has 1 aromatic carbocycles. The van der Waals surface area contributed by atoms with E-state index in [0.29, 0.717) is 24.3 Å². The maximum absolute atomic E-state index is 13.3. The third-order valence-corrected chi connectivity index (χ3v) is 5.49. The first-order valence-electron chi connectivity index (χ1n) is 10.3. The van der Waals surface area contributed by atoms with Gasteiger partial charge in [0.05, 0.1) is 12.5 Å². The smallest absolute Gasteiger partial charge is 0.408 e. The minimum absolute atomic E-state index is 0.0393. The summed E-state index contributed by atoms with van der Waals surface area (Å²) in [4.78, 5) is 62.1. The van der Waals surface area contributed by atoms with Crippen molar-refractivity contribution in [2.45, 2.75) is 56.3 Å². The van der Waals surface area contributed by atoms with Gasteiger partial charge in [0.1, 0.15) is 18.2 Å². The molecule has 1 aliphatic carbocycles. The lowest BCUT2D eigenvalue weighted by atomic mass is 10.1. The topological polar surface area (TPSA) is 162 Å². The van der Waals surface area contributed by atoms with E-state index in [0.717, 1.165) is 5.56 Å². The van der Waals surface area contributed by atoms with Crippen LogP contribution in [0.2, 0.25) is 0 Å². The van der Waals surface area contributed by atoms with Crippen LogP contribution in [-0.2, 0) is 30.5 Å². The number of carboxylic acid groups (broad SMARTS) is 2. The van der Waals surface area contributed by atoms with E-state index in [-0.39, 0.29) is 19.4 Å². The molecule has 0 bridgehead atoms. The second-order valence-corrected chi connectivity index (χ2v) is 7.88. The Morgan fingerprint density at radius 2 is 1.84 bits per heavy atom. The number of rotatable bonds is 9. The van der Waals surface area contributed by atoms with Gasteiger partial charge in [-0.25, -0.2) is 9.59 Å². The SMILES string of the molecule is O=C(O)C[C@@H](C(=O)O)N(C(=O)[C@@H]1CCCN1)C(=O)C1(NC(=O)OCc2ccccc2)CC1. The summed E-state index contributed by atoms with van der Waals surface area (Å²) in [6, 6.07) is 6.18. The van der Waals surface area contributed by atoms with E-state index < -0.39 is 53.9 Å². The van der Waals surface area contributed by atoms with Crippen molar-refractivity contribution in [1.29, 1.82) is 0 Å². The van der Waals surface area contributed by atoms with E-state index in [1.807, 2.05) is 6.07 Å². The summed E-state index contributed by atoms with van der Waals surface area (Å²) < 4.78 is 5.14. The monoisotopic (exact) mass is 447 g/mol. The Kier molecular flexibility index (Phi) is 7.08. The summed E-state index contributed by atoms with van der Waals surface area (Å²) >= 11 is 0. The van der Waals surface area contributed by atoms with E-state index in [9.17, 15) is 29.1 Å². The summed E-state index contributed by atoms with van der Waals surface area (Å²) in [7, 11) is 0. The second-order valence-electron chi connectivity index (χ2n) is 7.88. The zero-order valence-corrected chi connectivity index (χ0v) is 17.3. The Morgan fingerprint density at radius 1 is 1.16 bits per heavy atom. The Morgan fingerprint density at radius 3 is 2.38 bits per heavy atom. The van der Waals surface area contributed by atoms with Crippen molar-refractivity contribution in [2.24, 2.45) is 0 Å². The van der Waals surface area contributed by atoms with Crippen LogP contribution in [0.3, 0.4) is 0 Å². The number of benzene rings is 1. The molecule has 0 unspecified atom stereocenters. The molecule has 2 fully saturated rings. The molecule has 11 nitrogen and oxygen atoms in total. The van der Waals surface area contributed by atoms with Gasteiger partial charge in [-0.2, -0.15) is 0 Å². The van der Waals surface area contributed by atoms with Crippen LogP contribution >= 0.6 is 0 Å². The Hall–Kier alpha value is -3.47. The molecule has 2 atom stereocenters. The molecule has 11 heteroatoms. The van der Waals surface area contributed by atoms with Crippen molar-refractivity contribution in [2.75, 3.05) is 6.54 Å².